The van der Waals surface area contributed by atoms with E-state index < -0.39 is 0 Å². The molecule has 2 heterocycles. The number of furan rings is 1. The van der Waals surface area contributed by atoms with Gasteiger partial charge in [0.25, 0.3) is 5.91 Å². The van der Waals surface area contributed by atoms with E-state index >= 15 is 0 Å². The smallest absolute Gasteiger partial charge is 0.267 e. The molecule has 0 radical (unpaired) electrons. The largest absolute Gasteiger partial charge is 0.457 e. The first kappa shape index (κ1) is 22.2. The van der Waals surface area contributed by atoms with Crippen LogP contribution in [0.1, 0.15) is 38.4 Å². The molecule has 2 aliphatic rings. The van der Waals surface area contributed by atoms with Gasteiger partial charge in [0.2, 0.25) is 0 Å². The van der Waals surface area contributed by atoms with Crippen molar-refractivity contribution in [2.45, 2.75) is 38.6 Å². The van der Waals surface area contributed by atoms with Crippen LogP contribution in [0.4, 0.5) is 5.69 Å². The zero-order valence-electron chi connectivity index (χ0n) is 18.4. The Morgan fingerprint density at radius 2 is 1.79 bits per heavy atom. The lowest BCUT2D eigenvalue weighted by atomic mass is 9.85. The van der Waals surface area contributed by atoms with Gasteiger partial charge in [0.1, 0.15) is 11.5 Å². The lowest BCUT2D eigenvalue weighted by molar-refractivity contribution is -0.124. The third kappa shape index (κ3) is 4.87. The fourth-order valence-electron chi connectivity index (χ4n) is 4.48. The van der Waals surface area contributed by atoms with Crippen LogP contribution in [0.15, 0.2) is 85.5 Å². The number of amides is 1. The normalized spacial score (nSPS) is 23.6. The monoisotopic (exact) mass is 520 g/mol. The van der Waals surface area contributed by atoms with Gasteiger partial charge < -0.3 is 4.42 Å². The molecule has 0 spiro atoms. The number of benzene rings is 2. The van der Waals surface area contributed by atoms with Crippen LogP contribution in [0, 0.1) is 5.92 Å². The molecule has 168 valence electrons. The Hall–Kier alpha value is -2.57. The van der Waals surface area contributed by atoms with Crippen LogP contribution in [-0.2, 0) is 4.79 Å². The number of hydrogen-bond donors (Lipinski definition) is 0. The van der Waals surface area contributed by atoms with E-state index in [1.807, 2.05) is 77.7 Å². The maximum Gasteiger partial charge on any atom is 0.267 e. The van der Waals surface area contributed by atoms with Gasteiger partial charge in [-0.15, -0.1) is 0 Å². The van der Waals surface area contributed by atoms with E-state index in [1.165, 1.54) is 18.2 Å². The molecule has 2 atom stereocenters. The molecule has 1 aliphatic heterocycles. The molecule has 4 nitrogen and oxygen atoms in total. The van der Waals surface area contributed by atoms with E-state index in [9.17, 15) is 4.79 Å². The van der Waals surface area contributed by atoms with E-state index in [-0.39, 0.29) is 11.9 Å². The zero-order valence-corrected chi connectivity index (χ0v) is 20.8. The highest BCUT2D eigenvalue weighted by molar-refractivity contribution is 9.10. The second-order valence-corrected chi connectivity index (χ2v) is 10.5. The van der Waals surface area contributed by atoms with E-state index in [0.717, 1.165) is 45.9 Å². The molecule has 1 aromatic heterocycles. The average molecular weight is 521 g/mol. The lowest BCUT2D eigenvalue weighted by Crippen LogP contribution is -2.44. The van der Waals surface area contributed by atoms with Crippen molar-refractivity contribution in [3.63, 3.8) is 0 Å². The second kappa shape index (κ2) is 9.74. The number of thioether (sulfide) groups is 1. The van der Waals surface area contributed by atoms with Crippen LogP contribution >= 0.6 is 27.7 Å². The third-order valence-corrected chi connectivity index (χ3v) is 7.76. The first-order valence-electron chi connectivity index (χ1n) is 11.3. The van der Waals surface area contributed by atoms with Crippen molar-refractivity contribution in [1.82, 2.24) is 4.90 Å². The molecule has 3 aromatic rings. The van der Waals surface area contributed by atoms with Gasteiger partial charge in [-0.1, -0.05) is 66.0 Å². The molecule has 5 rings (SSSR count). The predicted molar refractivity (Wildman–Crippen MR) is 139 cm³/mol. The SMILES string of the molecule is C[C@@H]1CCCC[C@@H]1N1C(=O)/C(=C/c2ccc(-c3ccc(Br)cc3)o2)SC1=Nc1ccccc1. The van der Waals surface area contributed by atoms with Crippen LogP contribution in [0.3, 0.4) is 0 Å². The van der Waals surface area contributed by atoms with Crippen LogP contribution < -0.4 is 0 Å². The number of rotatable bonds is 4. The van der Waals surface area contributed by atoms with E-state index in [4.69, 9.17) is 9.41 Å². The highest BCUT2D eigenvalue weighted by Crippen LogP contribution is 2.40. The highest BCUT2D eigenvalue weighted by atomic mass is 79.9. The molecule has 0 N–H and O–H groups in total. The summed E-state index contributed by atoms with van der Waals surface area (Å²) in [6.07, 6.45) is 6.39. The average Bonchev–Trinajstić information content (AvgIpc) is 3.40. The van der Waals surface area contributed by atoms with Crippen molar-refractivity contribution in [2.24, 2.45) is 10.9 Å². The number of carbonyl (C=O) groups excluding carboxylic acids is 1. The number of carbonyl (C=O) groups is 1. The molecular formula is C27H25BrN2O2S. The molecule has 2 aromatic carbocycles. The van der Waals surface area contributed by atoms with Gasteiger partial charge in [0, 0.05) is 22.2 Å². The molecule has 2 fully saturated rings. The number of halogens is 1. The zero-order chi connectivity index (χ0) is 22.8. The minimum Gasteiger partial charge on any atom is -0.457 e. The highest BCUT2D eigenvalue weighted by Gasteiger charge is 2.41. The van der Waals surface area contributed by atoms with Crippen molar-refractivity contribution < 1.29 is 9.21 Å². The van der Waals surface area contributed by atoms with Gasteiger partial charge >= 0.3 is 0 Å². The fourth-order valence-corrected chi connectivity index (χ4v) is 5.77. The summed E-state index contributed by atoms with van der Waals surface area (Å²) in [4.78, 5) is 21.0. The third-order valence-electron chi connectivity index (χ3n) is 6.24. The second-order valence-electron chi connectivity index (χ2n) is 8.55. The van der Waals surface area contributed by atoms with Crippen molar-refractivity contribution in [1.29, 1.82) is 0 Å². The molecule has 1 aliphatic carbocycles. The standard InChI is InChI=1S/C27H25BrN2O2S/c1-18-7-5-6-10-23(18)30-26(31)25(33-27(30)29-21-8-3-2-4-9-21)17-22-15-16-24(32-22)19-11-13-20(28)14-12-19/h2-4,8-9,11-18,23H,5-7,10H2,1H3/b25-17-,29-27?/t18-,23+/m1/s1. The summed E-state index contributed by atoms with van der Waals surface area (Å²) in [5.74, 6) is 1.92. The van der Waals surface area contributed by atoms with Gasteiger partial charge in [0.15, 0.2) is 5.17 Å². The van der Waals surface area contributed by atoms with Gasteiger partial charge in [-0.25, -0.2) is 4.99 Å². The van der Waals surface area contributed by atoms with Crippen LogP contribution in [0.25, 0.3) is 17.4 Å². The fraction of sp³-hybridized carbons (Fsp3) is 0.259. The summed E-state index contributed by atoms with van der Waals surface area (Å²) < 4.78 is 7.08. The van der Waals surface area contributed by atoms with Gasteiger partial charge in [0.05, 0.1) is 10.6 Å². The van der Waals surface area contributed by atoms with Crippen LogP contribution in [0.5, 0.6) is 0 Å². The Morgan fingerprint density at radius 3 is 2.55 bits per heavy atom. The molecule has 1 saturated heterocycles. The van der Waals surface area contributed by atoms with Crippen molar-refractivity contribution in [2.75, 3.05) is 0 Å². The van der Waals surface area contributed by atoms with E-state index in [2.05, 4.69) is 22.9 Å². The summed E-state index contributed by atoms with van der Waals surface area (Å²) in [5.41, 5.74) is 1.86. The quantitative estimate of drug-likeness (QED) is 0.328. The maximum atomic E-state index is 13.6. The molecule has 1 saturated carbocycles. The first-order valence-corrected chi connectivity index (χ1v) is 12.9. The van der Waals surface area contributed by atoms with Gasteiger partial charge in [-0.05, 0) is 66.9 Å². The van der Waals surface area contributed by atoms with Crippen LogP contribution in [-0.4, -0.2) is 22.0 Å². The summed E-state index contributed by atoms with van der Waals surface area (Å²) in [6.45, 7) is 2.25. The lowest BCUT2D eigenvalue weighted by Gasteiger charge is -2.35. The number of hydrogen-bond acceptors (Lipinski definition) is 4. The number of amidine groups is 1. The number of para-hydroxylation sites is 1. The van der Waals surface area contributed by atoms with Gasteiger partial charge in [-0.2, -0.15) is 0 Å². The summed E-state index contributed by atoms with van der Waals surface area (Å²) in [7, 11) is 0. The number of nitrogens with zero attached hydrogens (tertiary/aromatic N) is 2. The minimum absolute atomic E-state index is 0.0232. The summed E-state index contributed by atoms with van der Waals surface area (Å²) in [5, 5.41) is 0.760. The molecule has 0 unspecified atom stereocenters. The van der Waals surface area contributed by atoms with Crippen LogP contribution in [0.2, 0.25) is 0 Å². The summed E-state index contributed by atoms with van der Waals surface area (Å²) >= 11 is 4.90. The predicted octanol–water partition coefficient (Wildman–Crippen LogP) is 7.89. The maximum absolute atomic E-state index is 13.6. The minimum atomic E-state index is 0.0232. The topological polar surface area (TPSA) is 45.8 Å². The molecule has 6 heteroatoms. The van der Waals surface area contributed by atoms with Crippen molar-refractivity contribution >= 4 is 50.5 Å². The van der Waals surface area contributed by atoms with E-state index in [1.54, 1.807) is 0 Å². The van der Waals surface area contributed by atoms with Gasteiger partial charge in [-0.3, -0.25) is 9.69 Å². The molecule has 33 heavy (non-hydrogen) atoms. The van der Waals surface area contributed by atoms with Crippen molar-refractivity contribution in [3.8, 4) is 11.3 Å². The molecule has 1 amide bonds. The Morgan fingerprint density at radius 1 is 1.03 bits per heavy atom. The van der Waals surface area contributed by atoms with E-state index in [0.29, 0.717) is 16.6 Å². The Balaban J connectivity index is 1.47. The molecule has 0 bridgehead atoms. The first-order chi connectivity index (χ1) is 16.1. The Kier molecular flexibility index (Phi) is 6.56. The number of aliphatic imine (C=N–C) groups is 1. The summed E-state index contributed by atoms with van der Waals surface area (Å²) in [6, 6.07) is 21.9. The van der Waals surface area contributed by atoms with Crippen molar-refractivity contribution in [3.05, 3.63) is 81.9 Å². The Bertz CT molecular complexity index is 1200. The Labute approximate surface area is 206 Å². The molecular weight excluding hydrogens is 496 g/mol.